The van der Waals surface area contributed by atoms with E-state index in [9.17, 15) is 5.11 Å². The fraction of sp³-hybridized carbons (Fsp3) is 1.00. The Hall–Kier alpha value is -0.0400. The van der Waals surface area contributed by atoms with Gasteiger partial charge in [-0.3, -0.25) is 0 Å². The Balaban J connectivity index is 3.94. The highest BCUT2D eigenvalue weighted by Gasteiger charge is 2.24. The zero-order chi connectivity index (χ0) is 11.4. The average Bonchev–Trinajstić information content (AvgIpc) is 1.77. The molecule has 14 heavy (non-hydrogen) atoms. The molecule has 0 bridgehead atoms. The molecule has 0 saturated heterocycles. The van der Waals surface area contributed by atoms with Crippen molar-refractivity contribution >= 4 is 0 Å². The van der Waals surface area contributed by atoms with Gasteiger partial charge in [0.1, 0.15) is 0 Å². The second-order valence-electron chi connectivity index (χ2n) is 6.03. The Bertz CT molecular complexity index is 147. The van der Waals surface area contributed by atoms with Crippen LogP contribution in [0.3, 0.4) is 0 Å². The summed E-state index contributed by atoms with van der Waals surface area (Å²) in [6.45, 7) is 13.0. The first-order valence-corrected chi connectivity index (χ1v) is 5.95. The summed E-state index contributed by atoms with van der Waals surface area (Å²) in [5.74, 6) is 1.94. The van der Waals surface area contributed by atoms with Gasteiger partial charge in [0.25, 0.3) is 0 Å². The molecular weight excluding hydrogens is 172 g/mol. The zero-order valence-corrected chi connectivity index (χ0v) is 10.8. The van der Waals surface area contributed by atoms with Gasteiger partial charge in [-0.1, -0.05) is 34.6 Å². The lowest BCUT2D eigenvalue weighted by molar-refractivity contribution is 0.0140. The van der Waals surface area contributed by atoms with E-state index in [4.69, 9.17) is 0 Å². The van der Waals surface area contributed by atoms with Crippen molar-refractivity contribution in [3.63, 3.8) is 0 Å². The third kappa shape index (κ3) is 7.37. The van der Waals surface area contributed by atoms with Gasteiger partial charge in [0.05, 0.1) is 5.60 Å². The minimum absolute atomic E-state index is 0.470. The Morgan fingerprint density at radius 3 is 1.79 bits per heavy atom. The SMILES string of the molecule is CC(C)CC(C)CC(C)(O)CC(C)C. The molecule has 0 amide bonds. The standard InChI is InChI=1S/C13H28O/c1-10(2)7-12(5)9-13(6,14)8-11(3)4/h10-12,14H,7-9H2,1-6H3. The smallest absolute Gasteiger partial charge is 0.0624 e. The summed E-state index contributed by atoms with van der Waals surface area (Å²) in [6, 6.07) is 0. The van der Waals surface area contributed by atoms with Crippen LogP contribution in [-0.4, -0.2) is 10.7 Å². The molecule has 1 N–H and O–H groups in total. The van der Waals surface area contributed by atoms with Crippen molar-refractivity contribution in [2.75, 3.05) is 0 Å². The zero-order valence-electron chi connectivity index (χ0n) is 10.8. The van der Waals surface area contributed by atoms with Gasteiger partial charge >= 0.3 is 0 Å². The van der Waals surface area contributed by atoms with E-state index in [1.54, 1.807) is 0 Å². The van der Waals surface area contributed by atoms with Crippen LogP contribution in [0.5, 0.6) is 0 Å². The number of hydrogen-bond acceptors (Lipinski definition) is 1. The summed E-state index contributed by atoms with van der Waals surface area (Å²) >= 11 is 0. The van der Waals surface area contributed by atoms with Crippen molar-refractivity contribution in [1.82, 2.24) is 0 Å². The fourth-order valence-electron chi connectivity index (χ4n) is 2.60. The molecule has 2 unspecified atom stereocenters. The lowest BCUT2D eigenvalue weighted by atomic mass is 9.83. The Morgan fingerprint density at radius 1 is 0.929 bits per heavy atom. The largest absolute Gasteiger partial charge is 0.390 e. The highest BCUT2D eigenvalue weighted by atomic mass is 16.3. The predicted octanol–water partition coefficient (Wildman–Crippen LogP) is 3.86. The fourth-order valence-corrected chi connectivity index (χ4v) is 2.60. The average molecular weight is 200 g/mol. The van der Waals surface area contributed by atoms with Gasteiger partial charge in [-0.2, -0.15) is 0 Å². The molecule has 1 nitrogen and oxygen atoms in total. The van der Waals surface area contributed by atoms with Gasteiger partial charge < -0.3 is 5.11 Å². The van der Waals surface area contributed by atoms with E-state index in [1.807, 2.05) is 6.92 Å². The Kier molecular flexibility index (Phi) is 5.73. The molecule has 0 spiro atoms. The molecule has 0 fully saturated rings. The predicted molar refractivity (Wildman–Crippen MR) is 63.3 cm³/mol. The van der Waals surface area contributed by atoms with Crippen molar-refractivity contribution in [2.24, 2.45) is 17.8 Å². The third-order valence-electron chi connectivity index (χ3n) is 2.51. The minimum Gasteiger partial charge on any atom is -0.390 e. The van der Waals surface area contributed by atoms with Crippen LogP contribution in [0.25, 0.3) is 0 Å². The molecule has 0 aliphatic carbocycles. The van der Waals surface area contributed by atoms with Crippen LogP contribution in [-0.2, 0) is 0 Å². The molecule has 0 aliphatic heterocycles. The lowest BCUT2D eigenvalue weighted by Crippen LogP contribution is -2.29. The van der Waals surface area contributed by atoms with E-state index in [2.05, 4.69) is 34.6 Å². The van der Waals surface area contributed by atoms with Crippen molar-refractivity contribution in [1.29, 1.82) is 0 Å². The maximum absolute atomic E-state index is 10.2. The van der Waals surface area contributed by atoms with Crippen LogP contribution in [0, 0.1) is 17.8 Å². The van der Waals surface area contributed by atoms with Crippen molar-refractivity contribution in [3.8, 4) is 0 Å². The highest BCUT2D eigenvalue weighted by Crippen LogP contribution is 2.27. The highest BCUT2D eigenvalue weighted by molar-refractivity contribution is 4.77. The van der Waals surface area contributed by atoms with Crippen LogP contribution in [0.1, 0.15) is 60.8 Å². The second kappa shape index (κ2) is 5.75. The van der Waals surface area contributed by atoms with Gasteiger partial charge in [-0.05, 0) is 43.9 Å². The number of rotatable bonds is 6. The van der Waals surface area contributed by atoms with Crippen molar-refractivity contribution < 1.29 is 5.11 Å². The number of aliphatic hydroxyl groups is 1. The van der Waals surface area contributed by atoms with E-state index >= 15 is 0 Å². The van der Waals surface area contributed by atoms with Gasteiger partial charge in [-0.25, -0.2) is 0 Å². The van der Waals surface area contributed by atoms with Crippen LogP contribution in [0.15, 0.2) is 0 Å². The Labute approximate surface area is 89.9 Å². The first-order valence-electron chi connectivity index (χ1n) is 5.95. The van der Waals surface area contributed by atoms with Gasteiger partial charge in [0.2, 0.25) is 0 Å². The summed E-state index contributed by atoms with van der Waals surface area (Å²) in [5.41, 5.74) is -0.470. The molecule has 0 rings (SSSR count). The molecule has 0 aromatic rings. The quantitative estimate of drug-likeness (QED) is 0.690. The molecule has 0 aromatic heterocycles. The van der Waals surface area contributed by atoms with Crippen LogP contribution in [0.4, 0.5) is 0 Å². The summed E-state index contributed by atoms with van der Waals surface area (Å²) < 4.78 is 0. The topological polar surface area (TPSA) is 20.2 Å². The van der Waals surface area contributed by atoms with Gasteiger partial charge in [-0.15, -0.1) is 0 Å². The van der Waals surface area contributed by atoms with Crippen LogP contribution < -0.4 is 0 Å². The van der Waals surface area contributed by atoms with E-state index < -0.39 is 5.60 Å². The van der Waals surface area contributed by atoms with Gasteiger partial charge in [0.15, 0.2) is 0 Å². The summed E-state index contributed by atoms with van der Waals surface area (Å²) in [6.07, 6.45) is 3.06. The maximum atomic E-state index is 10.2. The molecule has 0 radical (unpaired) electrons. The molecule has 0 heterocycles. The summed E-state index contributed by atoms with van der Waals surface area (Å²) in [7, 11) is 0. The molecule has 0 aromatic carbocycles. The minimum atomic E-state index is -0.470. The van der Waals surface area contributed by atoms with E-state index in [0.717, 1.165) is 18.8 Å². The maximum Gasteiger partial charge on any atom is 0.0624 e. The normalized spacial score (nSPS) is 18.6. The Morgan fingerprint density at radius 2 is 1.43 bits per heavy atom. The second-order valence-corrected chi connectivity index (χ2v) is 6.03. The summed E-state index contributed by atoms with van der Waals surface area (Å²) in [4.78, 5) is 0. The molecule has 0 saturated carbocycles. The summed E-state index contributed by atoms with van der Waals surface area (Å²) in [5, 5.41) is 10.2. The van der Waals surface area contributed by atoms with Crippen LogP contribution >= 0.6 is 0 Å². The first kappa shape index (κ1) is 14.0. The monoisotopic (exact) mass is 200 g/mol. The van der Waals surface area contributed by atoms with Gasteiger partial charge in [0, 0.05) is 0 Å². The lowest BCUT2D eigenvalue weighted by Gasteiger charge is -2.29. The molecule has 2 atom stereocenters. The van der Waals surface area contributed by atoms with Crippen molar-refractivity contribution in [3.05, 3.63) is 0 Å². The molecule has 86 valence electrons. The molecular formula is C13H28O. The van der Waals surface area contributed by atoms with E-state index in [1.165, 1.54) is 6.42 Å². The van der Waals surface area contributed by atoms with E-state index in [0.29, 0.717) is 11.8 Å². The van der Waals surface area contributed by atoms with Crippen LogP contribution in [0.2, 0.25) is 0 Å². The first-order chi connectivity index (χ1) is 6.23. The van der Waals surface area contributed by atoms with E-state index in [-0.39, 0.29) is 0 Å². The third-order valence-corrected chi connectivity index (χ3v) is 2.51. The number of hydrogen-bond donors (Lipinski definition) is 1. The molecule has 0 aliphatic rings. The molecule has 1 heteroatoms. The van der Waals surface area contributed by atoms with Crippen molar-refractivity contribution in [2.45, 2.75) is 66.4 Å².